The zero-order chi connectivity index (χ0) is 27.5. The topological polar surface area (TPSA) is 121 Å². The average molecular weight is 525 g/mol. The van der Waals surface area contributed by atoms with Crippen LogP contribution in [0.2, 0.25) is 0 Å². The van der Waals surface area contributed by atoms with Crippen molar-refractivity contribution in [3.8, 4) is 5.75 Å². The number of nitrogens with zero attached hydrogens (tertiary/aromatic N) is 2. The van der Waals surface area contributed by atoms with Gasteiger partial charge in [0.2, 0.25) is 0 Å². The van der Waals surface area contributed by atoms with Crippen LogP contribution in [-0.2, 0) is 46.6 Å². The van der Waals surface area contributed by atoms with Crippen LogP contribution in [-0.4, -0.2) is 48.7 Å². The van der Waals surface area contributed by atoms with Crippen LogP contribution in [0.25, 0.3) is 0 Å². The predicted octanol–water partition coefficient (Wildman–Crippen LogP) is 3.81. The number of methoxy groups -OCH3 is 1. The lowest BCUT2D eigenvalue weighted by molar-refractivity contribution is -0.197. The van der Waals surface area contributed by atoms with Crippen LogP contribution >= 0.6 is 0 Å². The Morgan fingerprint density at radius 2 is 1.71 bits per heavy atom. The van der Waals surface area contributed by atoms with E-state index in [0.29, 0.717) is 17.0 Å². The molecule has 10 nitrogen and oxygen atoms in total. The van der Waals surface area contributed by atoms with Crippen molar-refractivity contribution < 1.29 is 38.3 Å². The summed E-state index contributed by atoms with van der Waals surface area (Å²) < 4.78 is 10.9. The number of aryl methyl sites for hydroxylation is 2. The fourth-order valence-corrected chi connectivity index (χ4v) is 3.99. The summed E-state index contributed by atoms with van der Waals surface area (Å²) in [4.78, 5) is 57.2. The van der Waals surface area contributed by atoms with E-state index in [1.165, 1.54) is 14.2 Å². The highest BCUT2D eigenvalue weighted by Gasteiger charge is 2.32. The second kappa shape index (κ2) is 13.9. The highest BCUT2D eigenvalue weighted by atomic mass is 16.7. The highest BCUT2D eigenvalue weighted by molar-refractivity contribution is 6.43. The maximum atomic E-state index is 12.4. The van der Waals surface area contributed by atoms with Gasteiger partial charge in [-0.25, -0.2) is 9.59 Å². The molecule has 0 spiro atoms. The minimum Gasteiger partial charge on any atom is -0.489 e. The molecule has 0 saturated carbocycles. The number of para-hydroxylation sites is 1. The molecule has 38 heavy (non-hydrogen) atoms. The van der Waals surface area contributed by atoms with Gasteiger partial charge in [-0.15, -0.1) is 5.06 Å². The molecule has 10 heteroatoms. The molecule has 2 aromatic rings. The number of hydrogen-bond acceptors (Lipinski definition) is 9. The third-order valence-corrected chi connectivity index (χ3v) is 6.01. The van der Waals surface area contributed by atoms with Gasteiger partial charge in [0.05, 0.1) is 7.11 Å². The van der Waals surface area contributed by atoms with Crippen molar-refractivity contribution in [2.45, 2.75) is 58.5 Å². The number of ether oxygens (including phenoxy) is 2. The van der Waals surface area contributed by atoms with Crippen molar-refractivity contribution in [1.29, 1.82) is 0 Å². The zero-order valence-electron chi connectivity index (χ0n) is 21.9. The Morgan fingerprint density at radius 3 is 2.39 bits per heavy atom. The van der Waals surface area contributed by atoms with E-state index in [1.54, 1.807) is 6.07 Å². The van der Waals surface area contributed by atoms with Gasteiger partial charge in [-0.05, 0) is 48.9 Å². The Bertz CT molecular complexity index is 1190. The van der Waals surface area contributed by atoms with Crippen LogP contribution in [0.3, 0.4) is 0 Å². The molecule has 0 bridgehead atoms. The molecule has 0 aliphatic carbocycles. The van der Waals surface area contributed by atoms with Gasteiger partial charge in [-0.1, -0.05) is 48.0 Å². The largest absolute Gasteiger partial charge is 0.489 e. The Kier molecular flexibility index (Phi) is 10.4. The standard InChI is InChI=1S/C28H32N2O8/c1-19-9-7-8-11-23(19)37-18-21-17-20(13-14-22(21)27(29-36-3)28(34)35-2)10-5-4-6-12-26(33)38-30-24(31)15-16-25(30)32/h7-9,11,13-14,17H,4-6,10,12,15-16,18H2,1-3H3/b29-27+. The lowest BCUT2D eigenvalue weighted by Gasteiger charge is -2.15. The second-order valence-corrected chi connectivity index (χ2v) is 8.77. The van der Waals surface area contributed by atoms with Gasteiger partial charge in [-0.3, -0.25) is 9.59 Å². The van der Waals surface area contributed by atoms with Crippen LogP contribution in [0.1, 0.15) is 60.8 Å². The molecule has 0 unspecified atom stereocenters. The Morgan fingerprint density at radius 1 is 0.974 bits per heavy atom. The smallest absolute Gasteiger partial charge is 0.360 e. The molecule has 0 aromatic heterocycles. The molecule has 1 saturated heterocycles. The van der Waals surface area contributed by atoms with Crippen LogP contribution in [0, 0.1) is 6.92 Å². The van der Waals surface area contributed by atoms with Gasteiger partial charge in [0, 0.05) is 24.8 Å². The second-order valence-electron chi connectivity index (χ2n) is 8.77. The Labute approximate surface area is 221 Å². The molecule has 1 aliphatic rings. The number of hydrogen-bond donors (Lipinski definition) is 0. The lowest BCUT2D eigenvalue weighted by Crippen LogP contribution is -2.31. The highest BCUT2D eigenvalue weighted by Crippen LogP contribution is 2.22. The third kappa shape index (κ3) is 7.64. The Hall–Kier alpha value is -4.21. The fourth-order valence-electron chi connectivity index (χ4n) is 3.99. The Balaban J connectivity index is 1.62. The molecule has 0 N–H and O–H groups in total. The number of carbonyl (C=O) groups excluding carboxylic acids is 4. The maximum absolute atomic E-state index is 12.4. The van der Waals surface area contributed by atoms with Crippen molar-refractivity contribution in [3.05, 3.63) is 64.7 Å². The average Bonchev–Trinajstić information content (AvgIpc) is 3.23. The first kappa shape index (κ1) is 28.4. The minimum atomic E-state index is -0.624. The van der Waals surface area contributed by atoms with Crippen molar-refractivity contribution in [1.82, 2.24) is 5.06 Å². The number of rotatable bonds is 13. The molecular weight excluding hydrogens is 492 g/mol. The molecule has 1 fully saturated rings. The number of amides is 2. The first-order valence-corrected chi connectivity index (χ1v) is 12.4. The number of imide groups is 1. The maximum Gasteiger partial charge on any atom is 0.360 e. The first-order chi connectivity index (χ1) is 18.3. The van der Waals surface area contributed by atoms with Gasteiger partial charge in [0.15, 0.2) is 5.71 Å². The van der Waals surface area contributed by atoms with Gasteiger partial charge in [0.25, 0.3) is 11.8 Å². The van der Waals surface area contributed by atoms with Gasteiger partial charge in [-0.2, -0.15) is 0 Å². The van der Waals surface area contributed by atoms with Crippen molar-refractivity contribution in [2.75, 3.05) is 14.2 Å². The normalized spacial score (nSPS) is 13.4. The van der Waals surface area contributed by atoms with E-state index in [-0.39, 0.29) is 31.6 Å². The molecule has 1 heterocycles. The zero-order valence-corrected chi connectivity index (χ0v) is 21.9. The van der Waals surface area contributed by atoms with Crippen LogP contribution in [0.4, 0.5) is 0 Å². The van der Waals surface area contributed by atoms with Crippen molar-refractivity contribution in [2.24, 2.45) is 5.16 Å². The SMILES string of the molecule is CO/N=C(/C(=O)OC)c1ccc(CCCCCC(=O)ON2C(=O)CCC2=O)cc1COc1ccccc1C. The monoisotopic (exact) mass is 524 g/mol. The summed E-state index contributed by atoms with van der Waals surface area (Å²) in [6.07, 6.45) is 3.08. The summed E-state index contributed by atoms with van der Waals surface area (Å²) >= 11 is 0. The van der Waals surface area contributed by atoms with Crippen LogP contribution in [0.15, 0.2) is 47.6 Å². The molecule has 0 atom stereocenters. The summed E-state index contributed by atoms with van der Waals surface area (Å²) in [7, 11) is 2.64. The van der Waals surface area contributed by atoms with Gasteiger partial charge >= 0.3 is 11.9 Å². The number of unbranched alkanes of at least 4 members (excludes halogenated alkanes) is 2. The quantitative estimate of drug-likeness (QED) is 0.128. The van der Waals surface area contributed by atoms with E-state index in [0.717, 1.165) is 41.7 Å². The summed E-state index contributed by atoms with van der Waals surface area (Å²) in [5.74, 6) is -1.46. The van der Waals surface area contributed by atoms with Crippen LogP contribution < -0.4 is 4.74 Å². The van der Waals surface area contributed by atoms with Gasteiger partial charge in [0.1, 0.15) is 19.5 Å². The minimum absolute atomic E-state index is 0.0402. The molecule has 2 aromatic carbocycles. The predicted molar refractivity (Wildman–Crippen MR) is 137 cm³/mol. The number of hydroxylamine groups is 2. The molecular formula is C28H32N2O8. The number of esters is 1. The third-order valence-electron chi connectivity index (χ3n) is 6.01. The number of carbonyl (C=O) groups is 4. The molecule has 3 rings (SSSR count). The molecule has 202 valence electrons. The summed E-state index contributed by atoms with van der Waals surface area (Å²) in [5.41, 5.74) is 3.34. The summed E-state index contributed by atoms with van der Waals surface area (Å²) in [5, 5.41) is 4.44. The van der Waals surface area contributed by atoms with E-state index < -0.39 is 23.8 Å². The molecule has 0 radical (unpaired) electrons. The fraction of sp³-hybridized carbons (Fsp3) is 0.393. The van der Waals surface area contributed by atoms with E-state index in [9.17, 15) is 19.2 Å². The molecule has 2 amide bonds. The summed E-state index contributed by atoms with van der Waals surface area (Å²) in [6.45, 7) is 2.16. The van der Waals surface area contributed by atoms with E-state index in [1.807, 2.05) is 43.3 Å². The number of benzene rings is 2. The molecule has 1 aliphatic heterocycles. The van der Waals surface area contributed by atoms with Gasteiger partial charge < -0.3 is 19.1 Å². The summed E-state index contributed by atoms with van der Waals surface area (Å²) in [6, 6.07) is 13.3. The van der Waals surface area contributed by atoms with Crippen LogP contribution in [0.5, 0.6) is 5.75 Å². The van der Waals surface area contributed by atoms with Crippen molar-refractivity contribution >= 4 is 29.5 Å². The first-order valence-electron chi connectivity index (χ1n) is 12.4. The van der Waals surface area contributed by atoms with E-state index in [4.69, 9.17) is 19.1 Å². The number of oxime groups is 1. The van der Waals surface area contributed by atoms with Crippen molar-refractivity contribution in [3.63, 3.8) is 0 Å². The van der Waals surface area contributed by atoms with E-state index >= 15 is 0 Å². The van der Waals surface area contributed by atoms with E-state index in [2.05, 4.69) is 5.16 Å². The lowest BCUT2D eigenvalue weighted by atomic mass is 9.97.